The maximum atomic E-state index is 14.9. The number of carbonyl (C=O) groups excluding carboxylic acids is 3. The minimum absolute atomic E-state index is 0.00374. The molecule has 0 saturated carbocycles. The van der Waals surface area contributed by atoms with E-state index in [1.165, 1.54) is 4.90 Å². The van der Waals surface area contributed by atoms with Gasteiger partial charge in [0.05, 0.1) is 18.5 Å². The second-order valence-corrected chi connectivity index (χ2v) is 12.6. The molecule has 0 aliphatic heterocycles. The van der Waals surface area contributed by atoms with E-state index in [2.05, 4.69) is 5.32 Å². The Bertz CT molecular complexity index is 1540. The lowest BCUT2D eigenvalue weighted by Gasteiger charge is -2.41. The summed E-state index contributed by atoms with van der Waals surface area (Å²) in [5.74, 6) is -3.54. The first-order valence-electron chi connectivity index (χ1n) is 15.6. The van der Waals surface area contributed by atoms with Gasteiger partial charge in [-0.05, 0) is 48.1 Å². The number of nitrogens with one attached hydrogen (secondary N) is 1. The van der Waals surface area contributed by atoms with Crippen LogP contribution in [0, 0.1) is 17.0 Å². The number of aliphatic hydroxyl groups is 1. The molecule has 0 bridgehead atoms. The lowest BCUT2D eigenvalue weighted by Crippen LogP contribution is -2.47. The van der Waals surface area contributed by atoms with Crippen LogP contribution < -0.4 is 11.1 Å². The molecule has 0 aliphatic rings. The molecule has 0 fully saturated rings. The number of aliphatic hydroxyl groups excluding tert-OH is 1. The first kappa shape index (κ1) is 37.0. The third-order valence-electron chi connectivity index (χ3n) is 7.80. The number of hydrogen-bond donors (Lipinski definition) is 4. The van der Waals surface area contributed by atoms with Crippen molar-refractivity contribution in [3.63, 3.8) is 0 Å². The number of aromatic nitrogens is 1. The number of amides is 2. The number of carbonyl (C=O) groups is 4. The van der Waals surface area contributed by atoms with Crippen molar-refractivity contribution in [1.29, 1.82) is 0 Å². The predicted molar refractivity (Wildman–Crippen MR) is 173 cm³/mol. The van der Waals surface area contributed by atoms with Gasteiger partial charge in [0, 0.05) is 55.5 Å². The van der Waals surface area contributed by atoms with Crippen molar-refractivity contribution in [1.82, 2.24) is 14.8 Å². The number of carboxylic acid groups (broad SMARTS) is 1. The summed E-state index contributed by atoms with van der Waals surface area (Å²) in [7, 11) is 0. The zero-order valence-electron chi connectivity index (χ0n) is 27.0. The van der Waals surface area contributed by atoms with Gasteiger partial charge in [0.15, 0.2) is 0 Å². The molecule has 0 saturated heterocycles. The third kappa shape index (κ3) is 10.8. The highest BCUT2D eigenvalue weighted by Crippen LogP contribution is 2.41. The second kappa shape index (κ2) is 16.9. The van der Waals surface area contributed by atoms with Gasteiger partial charge < -0.3 is 30.7 Å². The Morgan fingerprint density at radius 1 is 1.00 bits per heavy atom. The van der Waals surface area contributed by atoms with Crippen LogP contribution in [-0.4, -0.2) is 69.0 Å². The highest BCUT2D eigenvalue weighted by atomic mass is 19.1. The number of nitrogens with zero attached hydrogens (tertiary/aromatic N) is 2. The molecule has 2 amide bonds. The Kier molecular flexibility index (Phi) is 13.3. The van der Waals surface area contributed by atoms with Crippen LogP contribution in [0.15, 0.2) is 60.8 Å². The molecule has 1 heterocycles. The molecule has 0 aliphatic carbocycles. The number of Topliss-reactive ketones (excluding diaryl/α,β-unsaturated/α-hetero) is 1. The van der Waals surface area contributed by atoms with E-state index >= 15 is 0 Å². The first-order valence-corrected chi connectivity index (χ1v) is 15.6. The maximum absolute atomic E-state index is 14.9. The van der Waals surface area contributed by atoms with E-state index in [1.54, 1.807) is 12.3 Å². The molecule has 3 aromatic rings. The maximum Gasteiger partial charge on any atom is 0.303 e. The Morgan fingerprint density at radius 2 is 1.70 bits per heavy atom. The SMILES string of the molecule is CC(C)(C)[C@H](c1cc(-c2cc(F)ccc2F)cn1Cc1ccccc1)N(CC[C@H](N)C(=O)NCCCC(=O)CCC(=O)O)C(=O)CO. The minimum Gasteiger partial charge on any atom is -0.481 e. The lowest BCUT2D eigenvalue weighted by atomic mass is 9.82. The van der Waals surface area contributed by atoms with Gasteiger partial charge in [-0.2, -0.15) is 0 Å². The molecule has 5 N–H and O–H groups in total. The zero-order chi connectivity index (χ0) is 34.7. The van der Waals surface area contributed by atoms with E-state index < -0.39 is 53.5 Å². The minimum atomic E-state index is -1.05. The van der Waals surface area contributed by atoms with Crippen LogP contribution in [0.2, 0.25) is 0 Å². The van der Waals surface area contributed by atoms with E-state index in [0.717, 1.165) is 23.8 Å². The van der Waals surface area contributed by atoms with E-state index in [-0.39, 0.29) is 50.1 Å². The Morgan fingerprint density at radius 3 is 2.34 bits per heavy atom. The van der Waals surface area contributed by atoms with Crippen LogP contribution in [0.1, 0.15) is 70.2 Å². The molecule has 1 aromatic heterocycles. The Balaban J connectivity index is 1.87. The number of benzene rings is 2. The molecule has 0 radical (unpaired) electrons. The van der Waals surface area contributed by atoms with Crippen LogP contribution in [0.5, 0.6) is 0 Å². The van der Waals surface area contributed by atoms with Crippen molar-refractivity contribution in [3.05, 3.63) is 83.7 Å². The molecule has 0 spiro atoms. The fourth-order valence-electron chi connectivity index (χ4n) is 5.51. The Labute approximate surface area is 273 Å². The molecule has 0 unspecified atom stereocenters. The van der Waals surface area contributed by atoms with Gasteiger partial charge in [-0.25, -0.2) is 8.78 Å². The van der Waals surface area contributed by atoms with E-state index in [4.69, 9.17) is 10.8 Å². The number of hydrogen-bond acceptors (Lipinski definition) is 6. The quantitative estimate of drug-likeness (QED) is 0.157. The lowest BCUT2D eigenvalue weighted by molar-refractivity contribution is -0.140. The van der Waals surface area contributed by atoms with Crippen molar-refractivity contribution in [3.8, 4) is 11.1 Å². The second-order valence-electron chi connectivity index (χ2n) is 12.6. The summed E-state index contributed by atoms with van der Waals surface area (Å²) >= 11 is 0. The van der Waals surface area contributed by atoms with Crippen molar-refractivity contribution >= 4 is 23.6 Å². The van der Waals surface area contributed by atoms with Crippen molar-refractivity contribution in [2.24, 2.45) is 11.1 Å². The topological polar surface area (TPSA) is 155 Å². The molecule has 12 heteroatoms. The fourth-order valence-corrected chi connectivity index (χ4v) is 5.51. The largest absolute Gasteiger partial charge is 0.481 e. The number of rotatable bonds is 17. The summed E-state index contributed by atoms with van der Waals surface area (Å²) in [6.45, 7) is 5.49. The number of aliphatic carboxylic acids is 1. The van der Waals surface area contributed by atoms with Crippen molar-refractivity contribution in [2.45, 2.75) is 71.5 Å². The molecular weight excluding hydrogens is 610 g/mol. The normalized spacial score (nSPS) is 12.7. The monoisotopic (exact) mass is 654 g/mol. The average Bonchev–Trinajstić information content (AvgIpc) is 3.42. The number of carboxylic acids is 1. The van der Waals surface area contributed by atoms with Crippen LogP contribution in [0.4, 0.5) is 8.78 Å². The summed E-state index contributed by atoms with van der Waals surface area (Å²) in [5, 5.41) is 21.4. The van der Waals surface area contributed by atoms with Gasteiger partial charge in [0.2, 0.25) is 11.8 Å². The summed E-state index contributed by atoms with van der Waals surface area (Å²) in [6.07, 6.45) is 1.90. The summed E-state index contributed by atoms with van der Waals surface area (Å²) < 4.78 is 31.0. The van der Waals surface area contributed by atoms with E-state index in [9.17, 15) is 33.1 Å². The van der Waals surface area contributed by atoms with Gasteiger partial charge in [-0.1, -0.05) is 51.1 Å². The molecule has 47 heavy (non-hydrogen) atoms. The summed E-state index contributed by atoms with van der Waals surface area (Å²) in [6, 6.07) is 12.8. The fraction of sp³-hybridized carbons (Fsp3) is 0.429. The molecule has 3 rings (SSSR count). The average molecular weight is 655 g/mol. The zero-order valence-corrected chi connectivity index (χ0v) is 27.0. The highest BCUT2D eigenvalue weighted by Gasteiger charge is 2.37. The number of ketones is 1. The summed E-state index contributed by atoms with van der Waals surface area (Å²) in [5.41, 5.74) is 7.59. The number of halogens is 2. The highest BCUT2D eigenvalue weighted by molar-refractivity contribution is 5.83. The van der Waals surface area contributed by atoms with Crippen molar-refractivity contribution in [2.75, 3.05) is 19.7 Å². The third-order valence-corrected chi connectivity index (χ3v) is 7.80. The van der Waals surface area contributed by atoms with Gasteiger partial charge in [-0.3, -0.25) is 19.2 Å². The van der Waals surface area contributed by atoms with E-state index in [1.807, 2.05) is 55.7 Å². The molecule has 254 valence electrons. The molecular formula is C35H44F2N4O6. The van der Waals surface area contributed by atoms with Gasteiger partial charge in [0.1, 0.15) is 24.0 Å². The van der Waals surface area contributed by atoms with Crippen LogP contribution >= 0.6 is 0 Å². The predicted octanol–water partition coefficient (Wildman–Crippen LogP) is 4.44. The molecule has 10 nitrogen and oxygen atoms in total. The Hall–Kier alpha value is -4.42. The summed E-state index contributed by atoms with van der Waals surface area (Å²) in [4.78, 5) is 50.0. The smallest absolute Gasteiger partial charge is 0.303 e. The van der Waals surface area contributed by atoms with Crippen molar-refractivity contribution < 1.29 is 38.2 Å². The van der Waals surface area contributed by atoms with Gasteiger partial charge in [0.25, 0.3) is 0 Å². The van der Waals surface area contributed by atoms with Crippen LogP contribution in [0.3, 0.4) is 0 Å². The first-order chi connectivity index (χ1) is 22.2. The van der Waals surface area contributed by atoms with E-state index in [0.29, 0.717) is 24.2 Å². The molecule has 2 atom stereocenters. The standard InChI is InChI=1S/C35H44F2N4O6/c1-35(2,3)33(41(31(44)22-42)17-15-29(38)34(47)39-16-7-10-26(43)12-14-32(45)46)30-18-24(27-19-25(36)11-13-28(27)37)21-40(30)20-23-8-5-4-6-9-23/h4-6,8-9,11,13,18-19,21,29,33,42H,7,10,12,14-17,20,22,38H2,1-3H3,(H,39,47)(H,45,46)/t29-,33-/m0/s1. The van der Waals surface area contributed by atoms with Gasteiger partial charge in [-0.15, -0.1) is 0 Å². The van der Waals surface area contributed by atoms with Gasteiger partial charge >= 0.3 is 5.97 Å². The number of nitrogens with two attached hydrogens (primary N) is 1. The molecule has 2 aromatic carbocycles. The van der Waals surface area contributed by atoms with Crippen LogP contribution in [0.25, 0.3) is 11.1 Å². The van der Waals surface area contributed by atoms with Crippen LogP contribution in [-0.2, 0) is 25.7 Å².